The molecule has 9 heteroatoms. The molecule has 4 atom stereocenters. The Labute approximate surface area is 230 Å². The minimum Gasteiger partial charge on any atom is -0.404 e. The van der Waals surface area contributed by atoms with E-state index in [4.69, 9.17) is 14.9 Å². The van der Waals surface area contributed by atoms with Crippen molar-refractivity contribution < 1.29 is 18.7 Å². The molecule has 0 radical (unpaired) electrons. The van der Waals surface area contributed by atoms with Gasteiger partial charge in [0.1, 0.15) is 17.5 Å². The summed E-state index contributed by atoms with van der Waals surface area (Å²) < 4.78 is 30.2. The first-order valence-corrected chi connectivity index (χ1v) is 15.1. The Morgan fingerprint density at radius 2 is 1.69 bits per heavy atom. The van der Waals surface area contributed by atoms with Gasteiger partial charge in [0.25, 0.3) is 8.32 Å². The Bertz CT molecular complexity index is 1300. The predicted octanol–water partition coefficient (Wildman–Crippen LogP) is 3.58. The van der Waals surface area contributed by atoms with Crippen molar-refractivity contribution in [3.8, 4) is 0 Å². The zero-order chi connectivity index (χ0) is 28.4. The predicted molar refractivity (Wildman–Crippen MR) is 154 cm³/mol. The van der Waals surface area contributed by atoms with Crippen LogP contribution in [0.3, 0.4) is 0 Å². The first kappa shape index (κ1) is 28.9. The highest BCUT2D eigenvalue weighted by Crippen LogP contribution is 2.43. The fourth-order valence-corrected chi connectivity index (χ4v) is 9.86. The van der Waals surface area contributed by atoms with Crippen LogP contribution >= 0.6 is 0 Å². The first-order chi connectivity index (χ1) is 18.4. The Morgan fingerprint density at radius 3 is 2.18 bits per heavy atom. The van der Waals surface area contributed by atoms with E-state index in [1.54, 1.807) is 6.08 Å². The van der Waals surface area contributed by atoms with E-state index in [1.165, 1.54) is 12.3 Å². The number of halogens is 1. The van der Waals surface area contributed by atoms with E-state index in [1.807, 2.05) is 56.3 Å². The molecule has 1 aliphatic rings. The summed E-state index contributed by atoms with van der Waals surface area (Å²) in [6.07, 6.45) is -0.0348. The molecule has 1 aromatic heterocycles. The number of hydrogen-bond acceptors (Lipinski definition) is 6. The molecule has 0 amide bonds. The maximum atomic E-state index is 15.8. The Kier molecular flexibility index (Phi) is 8.27. The molecule has 2 aromatic carbocycles. The Balaban J connectivity index is 1.83. The van der Waals surface area contributed by atoms with Crippen LogP contribution in [0.4, 0.5) is 10.2 Å². The number of rotatable bonds is 8. The van der Waals surface area contributed by atoms with Crippen molar-refractivity contribution in [3.63, 3.8) is 0 Å². The molecule has 208 valence electrons. The number of nitrogen functional groups attached to an aromatic ring is 1. The number of allylic oxidation sites excluding steroid dienone is 1. The van der Waals surface area contributed by atoms with Crippen molar-refractivity contribution in [3.05, 3.63) is 95.6 Å². The number of hydrogen-bond donors (Lipinski definition) is 2. The summed E-state index contributed by atoms with van der Waals surface area (Å²) >= 11 is 0. The molecule has 0 bridgehead atoms. The van der Waals surface area contributed by atoms with Crippen LogP contribution in [0.1, 0.15) is 40.8 Å². The third kappa shape index (κ3) is 5.49. The second-order valence-corrected chi connectivity index (χ2v) is 15.8. The van der Waals surface area contributed by atoms with Crippen LogP contribution in [-0.4, -0.2) is 47.5 Å². The quantitative estimate of drug-likeness (QED) is 0.328. The molecule has 0 saturated carbocycles. The van der Waals surface area contributed by atoms with E-state index in [9.17, 15) is 9.90 Å². The number of aliphatic hydroxyl groups is 1. The van der Waals surface area contributed by atoms with E-state index in [-0.39, 0.29) is 23.4 Å². The Hall–Kier alpha value is -3.11. The molecule has 0 spiro atoms. The lowest BCUT2D eigenvalue weighted by Crippen LogP contribution is -2.68. The fourth-order valence-electron chi connectivity index (χ4n) is 5.26. The lowest BCUT2D eigenvalue weighted by Gasteiger charge is -2.45. The van der Waals surface area contributed by atoms with Crippen LogP contribution in [-0.2, 0) is 9.16 Å². The molecule has 1 fully saturated rings. The van der Waals surface area contributed by atoms with E-state index in [0.29, 0.717) is 0 Å². The summed E-state index contributed by atoms with van der Waals surface area (Å²) in [7, 11) is -3.04. The lowest BCUT2D eigenvalue weighted by atomic mass is 9.94. The van der Waals surface area contributed by atoms with Gasteiger partial charge in [-0.3, -0.25) is 4.57 Å². The Morgan fingerprint density at radius 1 is 1.13 bits per heavy atom. The van der Waals surface area contributed by atoms with Crippen LogP contribution in [0.15, 0.2) is 89.9 Å². The van der Waals surface area contributed by atoms with E-state index < -0.39 is 38.1 Å². The van der Waals surface area contributed by atoms with Crippen LogP contribution in [0.25, 0.3) is 0 Å². The summed E-state index contributed by atoms with van der Waals surface area (Å²) in [6.45, 7) is 10.3. The largest absolute Gasteiger partial charge is 0.404 e. The van der Waals surface area contributed by atoms with Gasteiger partial charge in [-0.25, -0.2) is 9.18 Å². The third-order valence-electron chi connectivity index (χ3n) is 7.23. The summed E-state index contributed by atoms with van der Waals surface area (Å²) in [5.41, 5.74) is 3.32. The van der Waals surface area contributed by atoms with Gasteiger partial charge in [-0.2, -0.15) is 4.98 Å². The number of ether oxygens (including phenoxy) is 1. The van der Waals surface area contributed by atoms with E-state index in [2.05, 4.69) is 50.0 Å². The van der Waals surface area contributed by atoms with Crippen molar-refractivity contribution in [2.75, 3.05) is 12.3 Å². The second kappa shape index (κ2) is 11.2. The van der Waals surface area contributed by atoms with Crippen LogP contribution in [0, 0.1) is 5.92 Å². The molecule has 7 nitrogen and oxygen atoms in total. The lowest BCUT2D eigenvalue weighted by molar-refractivity contribution is -0.0953. The van der Waals surface area contributed by atoms with Crippen molar-refractivity contribution in [1.29, 1.82) is 0 Å². The zero-order valence-corrected chi connectivity index (χ0v) is 24.1. The summed E-state index contributed by atoms with van der Waals surface area (Å²) in [5, 5.41) is 13.1. The van der Waals surface area contributed by atoms with Crippen LogP contribution in [0.5, 0.6) is 0 Å². The molecule has 0 unspecified atom stereocenters. The summed E-state index contributed by atoms with van der Waals surface area (Å²) in [5.74, 6) is 0.120. The van der Waals surface area contributed by atoms with Gasteiger partial charge in [-0.1, -0.05) is 107 Å². The third-order valence-corrected chi connectivity index (χ3v) is 12.2. The number of nitrogens with zero attached hydrogens (tertiary/aromatic N) is 2. The molecule has 0 aliphatic carbocycles. The van der Waals surface area contributed by atoms with Crippen molar-refractivity contribution in [2.24, 2.45) is 5.92 Å². The second-order valence-electron chi connectivity index (χ2n) is 11.4. The number of alkyl halides is 1. The number of aromatic nitrogens is 2. The monoisotopic (exact) mass is 551 g/mol. The topological polar surface area (TPSA) is 99.6 Å². The van der Waals surface area contributed by atoms with E-state index >= 15 is 4.39 Å². The molecule has 1 saturated heterocycles. The van der Waals surface area contributed by atoms with Gasteiger partial charge < -0.3 is 20.0 Å². The fraction of sp³-hybridized carbons (Fsp3) is 0.400. The van der Waals surface area contributed by atoms with Gasteiger partial charge >= 0.3 is 5.69 Å². The molecule has 39 heavy (non-hydrogen) atoms. The van der Waals surface area contributed by atoms with Gasteiger partial charge in [-0.05, 0) is 27.4 Å². The first-order valence-electron chi connectivity index (χ1n) is 13.2. The highest BCUT2D eigenvalue weighted by molar-refractivity contribution is 6.99. The average Bonchev–Trinajstić information content (AvgIpc) is 3.14. The highest BCUT2D eigenvalue weighted by Gasteiger charge is 2.58. The van der Waals surface area contributed by atoms with Crippen LogP contribution < -0.4 is 21.8 Å². The summed E-state index contributed by atoms with van der Waals surface area (Å²) in [6, 6.07) is 21.5. The van der Waals surface area contributed by atoms with Crippen molar-refractivity contribution in [2.45, 2.75) is 63.8 Å². The molecule has 1 aliphatic heterocycles. The van der Waals surface area contributed by atoms with Crippen molar-refractivity contribution >= 4 is 24.5 Å². The summed E-state index contributed by atoms with van der Waals surface area (Å²) in [4.78, 5) is 16.3. The smallest absolute Gasteiger partial charge is 0.351 e. The number of nitrogens with two attached hydrogens (primary N) is 1. The standard InChI is InChI=1S/C30H38FN3O4Si/c1-21(2)16-18-30(26(35)25(31)27(38-30)34-19-17-24(32)33-28(34)36)20-37-39(29(3,4)5,22-12-8-6-9-13-22)23-14-10-7-11-15-23/h6-19,21,25-27,35H,20H2,1-5H3,(H2,32,33,36)/b18-16+/t25-,26+,27-,30-/m1/s1. The molecule has 2 heterocycles. The van der Waals surface area contributed by atoms with Gasteiger partial charge in [-0.15, -0.1) is 0 Å². The van der Waals surface area contributed by atoms with E-state index in [0.717, 1.165) is 14.9 Å². The average molecular weight is 552 g/mol. The number of anilines is 1. The highest BCUT2D eigenvalue weighted by atomic mass is 28.4. The molecule has 3 N–H and O–H groups in total. The minimum atomic E-state index is -3.04. The van der Waals surface area contributed by atoms with Gasteiger partial charge in [0.15, 0.2) is 12.4 Å². The normalized spacial score (nSPS) is 24.1. The molecular formula is C30H38FN3O4Si. The minimum absolute atomic E-state index is 0.0196. The van der Waals surface area contributed by atoms with Crippen LogP contribution in [0.2, 0.25) is 5.04 Å². The maximum Gasteiger partial charge on any atom is 0.351 e. The van der Waals surface area contributed by atoms with Gasteiger partial charge in [0, 0.05) is 6.20 Å². The molecule has 3 aromatic rings. The molecular weight excluding hydrogens is 513 g/mol. The van der Waals surface area contributed by atoms with Crippen molar-refractivity contribution in [1.82, 2.24) is 9.55 Å². The zero-order valence-electron chi connectivity index (χ0n) is 23.1. The number of benzene rings is 2. The number of aliphatic hydroxyl groups excluding tert-OH is 1. The SMILES string of the molecule is CC(C)/C=C/[C@]1(CO[Si](c2ccccc2)(c2ccccc2)C(C)(C)C)O[C@@H](n2ccc(N)nc2=O)[C@H](F)[C@@H]1O. The maximum absolute atomic E-state index is 15.8. The van der Waals surface area contributed by atoms with Gasteiger partial charge in [0.2, 0.25) is 0 Å². The van der Waals surface area contributed by atoms with Gasteiger partial charge in [0.05, 0.1) is 6.61 Å². The molecule has 4 rings (SSSR count).